The molecule has 160 valence electrons. The predicted octanol–water partition coefficient (Wildman–Crippen LogP) is 3.81. The van der Waals surface area contributed by atoms with Gasteiger partial charge in [-0.05, 0) is 68.7 Å². The Balaban J connectivity index is 1.05. The molecule has 1 saturated carbocycles. The van der Waals surface area contributed by atoms with Gasteiger partial charge in [0.25, 0.3) is 0 Å². The van der Waals surface area contributed by atoms with E-state index in [0.717, 1.165) is 32.3 Å². The minimum Gasteiger partial charge on any atom is -0.411 e. The number of benzene rings is 1. The van der Waals surface area contributed by atoms with Crippen LogP contribution >= 0.6 is 0 Å². The van der Waals surface area contributed by atoms with Crippen molar-refractivity contribution in [2.75, 3.05) is 44.3 Å². The zero-order chi connectivity index (χ0) is 20.0. The van der Waals surface area contributed by atoms with E-state index in [1.54, 1.807) is 11.1 Å². The van der Waals surface area contributed by atoms with Crippen LogP contribution in [0, 0.1) is 5.41 Å². The van der Waals surface area contributed by atoms with Gasteiger partial charge in [0.05, 0.1) is 6.61 Å². The van der Waals surface area contributed by atoms with E-state index in [4.69, 9.17) is 9.15 Å². The molecule has 2 aromatic rings. The molecule has 1 aliphatic carbocycles. The van der Waals surface area contributed by atoms with Crippen LogP contribution in [0.15, 0.2) is 35.1 Å². The van der Waals surface area contributed by atoms with Gasteiger partial charge in [0.1, 0.15) is 0 Å². The number of rotatable bonds is 4. The third-order valence-electron chi connectivity index (χ3n) is 8.20. The van der Waals surface area contributed by atoms with Crippen molar-refractivity contribution in [1.82, 2.24) is 15.1 Å². The van der Waals surface area contributed by atoms with Crippen LogP contribution in [0.4, 0.5) is 6.01 Å². The molecule has 0 bridgehead atoms. The van der Waals surface area contributed by atoms with E-state index >= 15 is 0 Å². The average Bonchev–Trinajstić information content (AvgIpc) is 3.54. The van der Waals surface area contributed by atoms with Crippen LogP contribution in [-0.2, 0) is 4.74 Å². The van der Waals surface area contributed by atoms with Crippen molar-refractivity contribution >= 4 is 6.01 Å². The summed E-state index contributed by atoms with van der Waals surface area (Å²) in [5.41, 5.74) is 3.64. The van der Waals surface area contributed by atoms with Crippen LogP contribution in [0.25, 0.3) is 0 Å². The largest absolute Gasteiger partial charge is 0.411 e. The third-order valence-corrected chi connectivity index (χ3v) is 8.20. The van der Waals surface area contributed by atoms with Crippen LogP contribution in [0.2, 0.25) is 0 Å². The molecule has 1 spiro atoms. The second kappa shape index (κ2) is 7.65. The maximum atomic E-state index is 5.68. The molecule has 6 rings (SSSR count). The van der Waals surface area contributed by atoms with Gasteiger partial charge < -0.3 is 19.0 Å². The van der Waals surface area contributed by atoms with Crippen molar-refractivity contribution < 1.29 is 9.15 Å². The summed E-state index contributed by atoms with van der Waals surface area (Å²) in [6.07, 6.45) is 9.22. The molecule has 1 aromatic heterocycles. The van der Waals surface area contributed by atoms with E-state index in [1.165, 1.54) is 58.0 Å². The summed E-state index contributed by atoms with van der Waals surface area (Å²) in [6, 6.07) is 10.6. The van der Waals surface area contributed by atoms with Gasteiger partial charge in [-0.15, -0.1) is 5.10 Å². The fourth-order valence-corrected chi connectivity index (χ4v) is 6.59. The first-order valence-electron chi connectivity index (χ1n) is 11.7. The molecule has 1 unspecified atom stereocenters. The highest BCUT2D eigenvalue weighted by Gasteiger charge is 2.50. The van der Waals surface area contributed by atoms with Crippen molar-refractivity contribution in [2.45, 2.75) is 56.4 Å². The van der Waals surface area contributed by atoms with Gasteiger partial charge in [-0.1, -0.05) is 29.4 Å². The summed E-state index contributed by atoms with van der Waals surface area (Å²) in [6.45, 7) is 6.48. The maximum Gasteiger partial charge on any atom is 0.317 e. The molecular formula is C24H32N4O2. The minimum atomic E-state index is 0.477. The Morgan fingerprint density at radius 1 is 0.967 bits per heavy atom. The smallest absolute Gasteiger partial charge is 0.317 e. The summed E-state index contributed by atoms with van der Waals surface area (Å²) in [7, 11) is 0. The lowest BCUT2D eigenvalue weighted by molar-refractivity contribution is 0.130. The van der Waals surface area contributed by atoms with E-state index in [1.807, 2.05) is 0 Å². The first-order valence-corrected chi connectivity index (χ1v) is 11.7. The summed E-state index contributed by atoms with van der Waals surface area (Å²) in [4.78, 5) is 5.03. The molecular weight excluding hydrogens is 376 g/mol. The quantitative estimate of drug-likeness (QED) is 0.767. The van der Waals surface area contributed by atoms with E-state index in [0.29, 0.717) is 23.3 Å². The van der Waals surface area contributed by atoms with Gasteiger partial charge in [0, 0.05) is 37.1 Å². The Hall–Kier alpha value is -1.92. The van der Waals surface area contributed by atoms with Crippen molar-refractivity contribution in [2.24, 2.45) is 5.41 Å². The highest BCUT2D eigenvalue weighted by atomic mass is 16.5. The van der Waals surface area contributed by atoms with E-state index in [2.05, 4.69) is 44.3 Å². The average molecular weight is 409 g/mol. The van der Waals surface area contributed by atoms with Crippen LogP contribution in [-0.4, -0.2) is 60.5 Å². The van der Waals surface area contributed by atoms with Crippen LogP contribution < -0.4 is 4.90 Å². The molecule has 30 heavy (non-hydrogen) atoms. The van der Waals surface area contributed by atoms with Gasteiger partial charge in [0.15, 0.2) is 0 Å². The van der Waals surface area contributed by atoms with Gasteiger partial charge in [0.2, 0.25) is 6.39 Å². The molecule has 6 nitrogen and oxygen atoms in total. The normalized spacial score (nSPS) is 29.5. The predicted molar refractivity (Wildman–Crippen MR) is 115 cm³/mol. The molecule has 4 aliphatic rings. The van der Waals surface area contributed by atoms with Gasteiger partial charge >= 0.3 is 6.01 Å². The first-order chi connectivity index (χ1) is 14.8. The van der Waals surface area contributed by atoms with Gasteiger partial charge in [-0.3, -0.25) is 0 Å². The maximum absolute atomic E-state index is 5.68. The zero-order valence-electron chi connectivity index (χ0n) is 17.7. The molecule has 0 radical (unpaired) electrons. The summed E-state index contributed by atoms with van der Waals surface area (Å²) in [5.74, 6) is 1.32. The lowest BCUT2D eigenvalue weighted by atomic mass is 9.78. The highest BCUT2D eigenvalue weighted by Crippen LogP contribution is 2.49. The Morgan fingerprint density at radius 2 is 1.77 bits per heavy atom. The highest BCUT2D eigenvalue weighted by molar-refractivity contribution is 5.35. The Labute approximate surface area is 178 Å². The first kappa shape index (κ1) is 18.8. The van der Waals surface area contributed by atoms with Gasteiger partial charge in [-0.25, -0.2) is 0 Å². The number of hydrogen-bond acceptors (Lipinski definition) is 6. The number of nitrogens with zero attached hydrogens (tertiary/aromatic N) is 4. The Bertz CT molecular complexity index is 850. The van der Waals surface area contributed by atoms with E-state index in [9.17, 15) is 0 Å². The number of anilines is 1. The van der Waals surface area contributed by atoms with Crippen molar-refractivity contribution in [3.05, 3.63) is 41.8 Å². The summed E-state index contributed by atoms with van der Waals surface area (Å²) in [5, 5.41) is 7.88. The molecule has 3 saturated heterocycles. The number of hydrogen-bond donors (Lipinski definition) is 0. The Morgan fingerprint density at radius 3 is 2.47 bits per heavy atom. The number of piperidine rings is 1. The molecule has 0 amide bonds. The third kappa shape index (κ3) is 3.34. The fraction of sp³-hybridized carbons (Fsp3) is 0.667. The second-order valence-electron chi connectivity index (χ2n) is 9.97. The lowest BCUT2D eigenvalue weighted by Gasteiger charge is -2.48. The van der Waals surface area contributed by atoms with Gasteiger partial charge in [-0.2, -0.15) is 0 Å². The number of aromatic nitrogens is 2. The molecule has 4 heterocycles. The Kier molecular flexibility index (Phi) is 4.80. The summed E-state index contributed by atoms with van der Waals surface area (Å²) < 4.78 is 11.0. The molecule has 2 atom stereocenters. The zero-order valence-corrected chi connectivity index (χ0v) is 17.7. The van der Waals surface area contributed by atoms with Crippen molar-refractivity contribution in [3.8, 4) is 0 Å². The van der Waals surface area contributed by atoms with E-state index in [-0.39, 0.29) is 0 Å². The molecule has 3 aliphatic heterocycles. The van der Waals surface area contributed by atoms with Crippen molar-refractivity contribution in [1.29, 1.82) is 0 Å². The SMILES string of the molecule is c1ccc(C2CCOC2)c(C2CCN([C@@H]3CCC4(C3)CN(c3nnco3)C4)CC2)c1. The number of ether oxygens (including phenoxy) is 1. The minimum absolute atomic E-state index is 0.477. The molecule has 4 fully saturated rings. The molecule has 6 heteroatoms. The fourth-order valence-electron chi connectivity index (χ4n) is 6.59. The van der Waals surface area contributed by atoms with E-state index < -0.39 is 0 Å². The topological polar surface area (TPSA) is 54.6 Å². The van der Waals surface area contributed by atoms with Crippen LogP contribution in [0.3, 0.4) is 0 Å². The van der Waals surface area contributed by atoms with Crippen molar-refractivity contribution in [3.63, 3.8) is 0 Å². The molecule has 0 N–H and O–H groups in total. The standard InChI is InChI=1S/C24H32N4O2/c1-2-4-22(19-8-12-29-14-19)21(3-1)18-6-10-27(11-7-18)20-5-9-24(13-20)15-28(16-24)23-26-25-17-30-23/h1-4,17-20H,5-16H2/t19?,20-/m1/s1. The lowest BCUT2D eigenvalue weighted by Crippen LogP contribution is -2.56. The summed E-state index contributed by atoms with van der Waals surface area (Å²) >= 11 is 0. The van der Waals surface area contributed by atoms with Crippen LogP contribution in [0.5, 0.6) is 0 Å². The monoisotopic (exact) mass is 408 g/mol. The number of likely N-dealkylation sites (tertiary alicyclic amines) is 1. The van der Waals surface area contributed by atoms with Crippen LogP contribution in [0.1, 0.15) is 61.5 Å². The molecule has 1 aromatic carbocycles. The second-order valence-corrected chi connectivity index (χ2v) is 9.97.